The second-order valence-corrected chi connectivity index (χ2v) is 6.11. The highest BCUT2D eigenvalue weighted by Gasteiger charge is 2.05. The van der Waals surface area contributed by atoms with Crippen LogP contribution in [0.5, 0.6) is 0 Å². The van der Waals surface area contributed by atoms with Crippen LogP contribution in [0.4, 0.5) is 0 Å². The summed E-state index contributed by atoms with van der Waals surface area (Å²) in [4.78, 5) is 27.9. The third kappa shape index (κ3) is 3.27. The van der Waals surface area contributed by atoms with E-state index in [0.29, 0.717) is 16.2 Å². The van der Waals surface area contributed by atoms with Crippen molar-refractivity contribution in [2.75, 3.05) is 0 Å². The van der Waals surface area contributed by atoms with Gasteiger partial charge in [-0.1, -0.05) is 13.8 Å². The second kappa shape index (κ2) is 5.92. The zero-order valence-electron chi connectivity index (χ0n) is 11.1. The maximum absolute atomic E-state index is 12.2. The molecule has 0 saturated heterocycles. The lowest BCUT2D eigenvalue weighted by molar-refractivity contribution is -0.131. The Kier molecular flexibility index (Phi) is 4.24. The Balaban J connectivity index is 2.52. The molecular weight excluding hydrogens is 276 g/mol. The van der Waals surface area contributed by atoms with Gasteiger partial charge in [0.05, 0.1) is 10.9 Å². The van der Waals surface area contributed by atoms with Crippen LogP contribution in [0.3, 0.4) is 0 Å². The van der Waals surface area contributed by atoms with Crippen molar-refractivity contribution in [3.63, 3.8) is 0 Å². The molecule has 0 atom stereocenters. The smallest absolute Gasteiger partial charge is 0.329 e. The molecule has 20 heavy (non-hydrogen) atoms. The van der Waals surface area contributed by atoms with Crippen molar-refractivity contribution in [1.82, 2.24) is 9.55 Å². The van der Waals surface area contributed by atoms with Gasteiger partial charge in [-0.15, -0.1) is 11.8 Å². The van der Waals surface area contributed by atoms with Gasteiger partial charge in [0, 0.05) is 22.4 Å². The normalized spacial score (nSPS) is 11.6. The summed E-state index contributed by atoms with van der Waals surface area (Å²) in [6.45, 7) is 4.15. The molecule has 104 valence electrons. The van der Waals surface area contributed by atoms with Crippen molar-refractivity contribution in [2.45, 2.75) is 24.0 Å². The first kappa shape index (κ1) is 14.3. The molecular formula is C14H14N2O3S. The van der Waals surface area contributed by atoms with Crippen molar-refractivity contribution in [3.05, 3.63) is 41.0 Å². The van der Waals surface area contributed by atoms with Crippen LogP contribution in [0.2, 0.25) is 0 Å². The molecule has 1 heterocycles. The van der Waals surface area contributed by atoms with Crippen LogP contribution >= 0.6 is 11.8 Å². The lowest BCUT2D eigenvalue weighted by Gasteiger charge is -2.06. The first-order valence-electron chi connectivity index (χ1n) is 6.06. The molecule has 0 aliphatic heterocycles. The highest BCUT2D eigenvalue weighted by molar-refractivity contribution is 7.99. The summed E-state index contributed by atoms with van der Waals surface area (Å²) in [5.74, 6) is -1.11. The van der Waals surface area contributed by atoms with Crippen LogP contribution in [0.25, 0.3) is 17.1 Å². The van der Waals surface area contributed by atoms with Crippen molar-refractivity contribution in [3.8, 4) is 0 Å². The summed E-state index contributed by atoms with van der Waals surface area (Å²) in [5, 5.41) is 9.49. The van der Waals surface area contributed by atoms with E-state index in [9.17, 15) is 9.59 Å². The van der Waals surface area contributed by atoms with E-state index in [1.165, 1.54) is 17.1 Å². The molecule has 0 bridgehead atoms. The molecule has 0 unspecified atom stereocenters. The Bertz CT molecular complexity index is 735. The maximum atomic E-state index is 12.2. The molecule has 1 N–H and O–H groups in total. The average Bonchev–Trinajstić information content (AvgIpc) is 2.38. The van der Waals surface area contributed by atoms with Gasteiger partial charge in [-0.3, -0.25) is 9.36 Å². The number of rotatable bonds is 4. The number of carbonyl (C=O) groups is 1. The molecule has 5 nitrogen and oxygen atoms in total. The van der Waals surface area contributed by atoms with Crippen LogP contribution in [0, 0.1) is 0 Å². The van der Waals surface area contributed by atoms with Gasteiger partial charge >= 0.3 is 5.97 Å². The molecule has 1 aromatic heterocycles. The van der Waals surface area contributed by atoms with E-state index in [0.717, 1.165) is 11.0 Å². The van der Waals surface area contributed by atoms with Crippen molar-refractivity contribution in [2.24, 2.45) is 0 Å². The Morgan fingerprint density at radius 2 is 2.20 bits per heavy atom. The van der Waals surface area contributed by atoms with Crippen LogP contribution in [-0.2, 0) is 4.79 Å². The first-order chi connectivity index (χ1) is 9.47. The number of aliphatic carboxylic acids is 1. The molecule has 0 fully saturated rings. The monoisotopic (exact) mass is 290 g/mol. The maximum Gasteiger partial charge on any atom is 0.329 e. The number of thioether (sulfide) groups is 1. The highest BCUT2D eigenvalue weighted by Crippen LogP contribution is 2.24. The minimum atomic E-state index is -1.11. The number of hydrogen-bond donors (Lipinski definition) is 1. The van der Waals surface area contributed by atoms with E-state index in [1.54, 1.807) is 23.9 Å². The number of fused-ring (bicyclic) bond motifs is 1. The number of nitrogens with zero attached hydrogens (tertiary/aromatic N) is 2. The molecule has 1 aromatic carbocycles. The molecule has 0 aliphatic rings. The number of carboxylic acids is 1. The van der Waals surface area contributed by atoms with Gasteiger partial charge < -0.3 is 5.11 Å². The van der Waals surface area contributed by atoms with Crippen LogP contribution in [-0.4, -0.2) is 25.9 Å². The fraction of sp³-hybridized carbons (Fsp3) is 0.214. The zero-order chi connectivity index (χ0) is 14.7. The quantitative estimate of drug-likeness (QED) is 0.691. The van der Waals surface area contributed by atoms with Crippen LogP contribution < -0.4 is 5.56 Å². The van der Waals surface area contributed by atoms with Gasteiger partial charge in [0.25, 0.3) is 5.56 Å². The van der Waals surface area contributed by atoms with Gasteiger partial charge in [0.1, 0.15) is 6.33 Å². The van der Waals surface area contributed by atoms with E-state index in [2.05, 4.69) is 18.8 Å². The number of hydrogen-bond acceptors (Lipinski definition) is 4. The molecule has 2 aromatic rings. The number of benzene rings is 1. The standard InChI is InChI=1S/C14H14N2O3S/c1-9(2)20-10-3-4-12-11(7-10)14(19)16(8-15-12)6-5-13(17)18/h3-9H,1-2H3,(H,17,18)/b6-5+. The Hall–Kier alpha value is -2.08. The molecule has 6 heteroatoms. The Morgan fingerprint density at radius 1 is 1.45 bits per heavy atom. The summed E-state index contributed by atoms with van der Waals surface area (Å²) in [7, 11) is 0. The van der Waals surface area contributed by atoms with Crippen LogP contribution in [0.1, 0.15) is 13.8 Å². The second-order valence-electron chi connectivity index (χ2n) is 4.46. The zero-order valence-corrected chi connectivity index (χ0v) is 11.9. The highest BCUT2D eigenvalue weighted by atomic mass is 32.2. The predicted octanol–water partition coefficient (Wildman–Crippen LogP) is 2.45. The van der Waals surface area contributed by atoms with Crippen LogP contribution in [0.15, 0.2) is 40.3 Å². The topological polar surface area (TPSA) is 72.2 Å². The summed E-state index contributed by atoms with van der Waals surface area (Å²) in [6, 6.07) is 5.52. The fourth-order valence-electron chi connectivity index (χ4n) is 1.71. The van der Waals surface area contributed by atoms with E-state index < -0.39 is 5.97 Å². The van der Waals surface area contributed by atoms with Gasteiger partial charge in [-0.05, 0) is 18.2 Å². The average molecular weight is 290 g/mol. The summed E-state index contributed by atoms with van der Waals surface area (Å²) >= 11 is 1.66. The van der Waals surface area contributed by atoms with Crippen molar-refractivity contribution >= 4 is 34.8 Å². The third-order valence-corrected chi connectivity index (χ3v) is 3.50. The minimum absolute atomic E-state index is 0.279. The number of carboxylic acid groups (broad SMARTS) is 1. The van der Waals surface area contributed by atoms with Crippen molar-refractivity contribution < 1.29 is 9.90 Å². The molecule has 0 amide bonds. The minimum Gasteiger partial charge on any atom is -0.478 e. The summed E-state index contributed by atoms with van der Waals surface area (Å²) in [6.07, 6.45) is 3.42. The van der Waals surface area contributed by atoms with E-state index >= 15 is 0 Å². The Morgan fingerprint density at radius 3 is 2.85 bits per heavy atom. The van der Waals surface area contributed by atoms with Crippen molar-refractivity contribution in [1.29, 1.82) is 0 Å². The van der Waals surface area contributed by atoms with E-state index in [4.69, 9.17) is 5.11 Å². The lowest BCUT2D eigenvalue weighted by atomic mass is 10.2. The van der Waals surface area contributed by atoms with Gasteiger partial charge in [0.15, 0.2) is 0 Å². The first-order valence-corrected chi connectivity index (χ1v) is 6.94. The van der Waals surface area contributed by atoms with Gasteiger partial charge in [-0.2, -0.15) is 0 Å². The molecule has 0 saturated carbocycles. The molecule has 2 rings (SSSR count). The largest absolute Gasteiger partial charge is 0.478 e. The molecule has 0 aliphatic carbocycles. The summed E-state index contributed by atoms with van der Waals surface area (Å²) in [5.41, 5.74) is 0.321. The molecule has 0 radical (unpaired) electrons. The fourth-order valence-corrected chi connectivity index (χ4v) is 2.59. The Labute approximate surface area is 120 Å². The number of aromatic nitrogens is 2. The SMILES string of the molecule is CC(C)Sc1ccc2ncn(/C=C/C(=O)O)c(=O)c2c1. The molecule has 0 spiro atoms. The lowest BCUT2D eigenvalue weighted by Crippen LogP contribution is -2.16. The predicted molar refractivity (Wildman–Crippen MR) is 80.0 cm³/mol. The third-order valence-electron chi connectivity index (χ3n) is 2.50. The summed E-state index contributed by atoms with van der Waals surface area (Å²) < 4.78 is 1.17. The van der Waals surface area contributed by atoms with E-state index in [1.807, 2.05) is 6.07 Å². The van der Waals surface area contributed by atoms with E-state index in [-0.39, 0.29) is 5.56 Å². The van der Waals surface area contributed by atoms with Gasteiger partial charge in [-0.25, -0.2) is 9.78 Å². The van der Waals surface area contributed by atoms with Gasteiger partial charge in [0.2, 0.25) is 0 Å².